The van der Waals surface area contributed by atoms with Crippen LogP contribution in [-0.2, 0) is 0 Å². The smallest absolute Gasteiger partial charge is 0.0832 e. The summed E-state index contributed by atoms with van der Waals surface area (Å²) in [5.41, 5.74) is 9.17. The molecule has 2 N–H and O–H groups in total. The largest absolute Gasteiger partial charge is 0.396 e. The fourth-order valence-electron chi connectivity index (χ4n) is 2.36. The van der Waals surface area contributed by atoms with E-state index in [9.17, 15) is 0 Å². The molecule has 0 saturated carbocycles. The van der Waals surface area contributed by atoms with E-state index in [2.05, 4.69) is 21.3 Å². The Hall–Kier alpha value is -1.29. The van der Waals surface area contributed by atoms with Crippen LogP contribution in [0.5, 0.6) is 0 Å². The van der Waals surface area contributed by atoms with Gasteiger partial charge in [-0.3, -0.25) is 4.98 Å². The van der Waals surface area contributed by atoms with E-state index in [-0.39, 0.29) is 0 Å². The molecule has 3 nitrogen and oxygen atoms in total. The highest BCUT2D eigenvalue weighted by Crippen LogP contribution is 2.36. The molecule has 3 heterocycles. The Labute approximate surface area is 98.9 Å². The molecule has 16 heavy (non-hydrogen) atoms. The van der Waals surface area contributed by atoms with Crippen molar-refractivity contribution in [2.45, 2.75) is 19.3 Å². The number of rotatable bonds is 1. The zero-order valence-corrected chi connectivity index (χ0v) is 9.96. The first-order valence-corrected chi connectivity index (χ1v) is 6.61. The van der Waals surface area contributed by atoms with Gasteiger partial charge in [0, 0.05) is 13.1 Å². The Morgan fingerprint density at radius 2 is 2.06 bits per heavy atom. The molecule has 1 aliphatic heterocycles. The van der Waals surface area contributed by atoms with E-state index in [1.54, 1.807) is 17.5 Å². The molecule has 1 aliphatic rings. The third-order valence-corrected chi connectivity index (χ3v) is 4.06. The van der Waals surface area contributed by atoms with Gasteiger partial charge in [-0.25, -0.2) is 0 Å². The van der Waals surface area contributed by atoms with Crippen LogP contribution in [0.2, 0.25) is 0 Å². The summed E-state index contributed by atoms with van der Waals surface area (Å²) in [6.45, 7) is 2.25. The average Bonchev–Trinajstić information content (AvgIpc) is 2.78. The van der Waals surface area contributed by atoms with E-state index in [0.717, 1.165) is 24.3 Å². The van der Waals surface area contributed by atoms with Crippen LogP contribution in [0.15, 0.2) is 17.6 Å². The zero-order valence-electron chi connectivity index (χ0n) is 9.15. The SMILES string of the molecule is Nc1cnc2ccsc2c1N1CCCCC1. The van der Waals surface area contributed by atoms with E-state index in [1.807, 2.05) is 0 Å². The molecule has 0 atom stereocenters. The van der Waals surface area contributed by atoms with E-state index in [1.165, 1.54) is 29.6 Å². The number of piperidine rings is 1. The Balaban J connectivity index is 2.12. The van der Waals surface area contributed by atoms with Crippen molar-refractivity contribution in [3.05, 3.63) is 17.6 Å². The molecule has 0 aromatic carbocycles. The van der Waals surface area contributed by atoms with Crippen LogP contribution < -0.4 is 10.6 Å². The highest BCUT2D eigenvalue weighted by Gasteiger charge is 2.17. The zero-order chi connectivity index (χ0) is 11.0. The van der Waals surface area contributed by atoms with Crippen molar-refractivity contribution in [1.82, 2.24) is 4.98 Å². The summed E-state index contributed by atoms with van der Waals surface area (Å²) in [6.07, 6.45) is 5.68. The maximum atomic E-state index is 6.08. The maximum Gasteiger partial charge on any atom is 0.0832 e. The lowest BCUT2D eigenvalue weighted by atomic mass is 10.1. The van der Waals surface area contributed by atoms with Gasteiger partial charge in [-0.15, -0.1) is 11.3 Å². The molecule has 84 valence electrons. The third-order valence-electron chi connectivity index (χ3n) is 3.15. The van der Waals surface area contributed by atoms with E-state index in [4.69, 9.17) is 5.73 Å². The minimum atomic E-state index is 0.817. The molecule has 4 heteroatoms. The molecular weight excluding hydrogens is 218 g/mol. The topological polar surface area (TPSA) is 42.1 Å². The molecule has 2 aromatic heterocycles. The number of nitrogens with zero attached hydrogens (tertiary/aromatic N) is 2. The van der Waals surface area contributed by atoms with Crippen molar-refractivity contribution in [3.63, 3.8) is 0 Å². The monoisotopic (exact) mass is 233 g/mol. The highest BCUT2D eigenvalue weighted by molar-refractivity contribution is 7.17. The van der Waals surface area contributed by atoms with Crippen LogP contribution in [0.4, 0.5) is 11.4 Å². The lowest BCUT2D eigenvalue weighted by Gasteiger charge is -2.30. The van der Waals surface area contributed by atoms with Crippen molar-refractivity contribution in [2.75, 3.05) is 23.7 Å². The van der Waals surface area contributed by atoms with E-state index in [0.29, 0.717) is 0 Å². The average molecular weight is 233 g/mol. The standard InChI is InChI=1S/C12H15N3S/c13-9-8-14-10-4-7-16-12(10)11(9)15-5-2-1-3-6-15/h4,7-8H,1-3,5-6,13H2. The van der Waals surface area contributed by atoms with E-state index >= 15 is 0 Å². The number of nitrogen functional groups attached to an aromatic ring is 1. The Morgan fingerprint density at radius 3 is 2.88 bits per heavy atom. The molecule has 0 amide bonds. The van der Waals surface area contributed by atoms with Gasteiger partial charge in [0.15, 0.2) is 0 Å². The molecule has 1 fully saturated rings. The number of pyridine rings is 1. The summed E-state index contributed by atoms with van der Waals surface area (Å²) in [5, 5.41) is 2.09. The van der Waals surface area contributed by atoms with Gasteiger partial charge in [0.2, 0.25) is 0 Å². The second-order valence-corrected chi connectivity index (χ2v) is 5.16. The van der Waals surface area contributed by atoms with Crippen LogP contribution in [-0.4, -0.2) is 18.1 Å². The first-order valence-electron chi connectivity index (χ1n) is 5.73. The predicted molar refractivity (Wildman–Crippen MR) is 70.1 cm³/mol. The van der Waals surface area contributed by atoms with Gasteiger partial charge in [-0.1, -0.05) is 0 Å². The Bertz CT molecular complexity index is 500. The number of nitrogens with two attached hydrogens (primary N) is 1. The van der Waals surface area contributed by atoms with Crippen molar-refractivity contribution in [1.29, 1.82) is 0 Å². The van der Waals surface area contributed by atoms with Gasteiger partial charge >= 0.3 is 0 Å². The van der Waals surface area contributed by atoms with Gasteiger partial charge in [0.25, 0.3) is 0 Å². The number of aromatic nitrogens is 1. The third kappa shape index (κ3) is 1.53. The number of hydrogen-bond donors (Lipinski definition) is 1. The first kappa shape index (κ1) is 9.90. The second kappa shape index (κ2) is 3.94. The molecule has 3 rings (SSSR count). The predicted octanol–water partition coefficient (Wildman–Crippen LogP) is 2.87. The quantitative estimate of drug-likeness (QED) is 0.823. The molecule has 0 radical (unpaired) electrons. The van der Waals surface area contributed by atoms with E-state index < -0.39 is 0 Å². The normalized spacial score (nSPS) is 16.9. The number of hydrogen-bond acceptors (Lipinski definition) is 4. The van der Waals surface area contributed by atoms with Gasteiger partial charge < -0.3 is 10.6 Å². The summed E-state index contributed by atoms with van der Waals surface area (Å²) in [4.78, 5) is 6.77. The number of fused-ring (bicyclic) bond motifs is 1. The highest BCUT2D eigenvalue weighted by atomic mass is 32.1. The van der Waals surface area contributed by atoms with Crippen LogP contribution in [0, 0.1) is 0 Å². The van der Waals surface area contributed by atoms with Gasteiger partial charge in [-0.05, 0) is 30.7 Å². The fraction of sp³-hybridized carbons (Fsp3) is 0.417. The van der Waals surface area contributed by atoms with Crippen LogP contribution in [0.1, 0.15) is 19.3 Å². The van der Waals surface area contributed by atoms with Crippen molar-refractivity contribution < 1.29 is 0 Å². The van der Waals surface area contributed by atoms with Crippen LogP contribution >= 0.6 is 11.3 Å². The Morgan fingerprint density at radius 1 is 1.25 bits per heavy atom. The minimum Gasteiger partial charge on any atom is -0.396 e. The first-order chi connectivity index (χ1) is 7.86. The van der Waals surface area contributed by atoms with Gasteiger partial charge in [0.05, 0.1) is 27.8 Å². The molecule has 0 bridgehead atoms. The molecule has 2 aromatic rings. The molecule has 0 unspecified atom stereocenters. The van der Waals surface area contributed by atoms with Crippen molar-refractivity contribution >= 4 is 32.9 Å². The van der Waals surface area contributed by atoms with Crippen LogP contribution in [0.3, 0.4) is 0 Å². The fourth-order valence-corrected chi connectivity index (χ4v) is 3.29. The number of thiophene rings is 1. The maximum absolute atomic E-state index is 6.08. The molecular formula is C12H15N3S. The molecule has 1 saturated heterocycles. The molecule has 0 aliphatic carbocycles. The Kier molecular flexibility index (Phi) is 2.44. The lowest BCUT2D eigenvalue weighted by molar-refractivity contribution is 0.579. The summed E-state index contributed by atoms with van der Waals surface area (Å²) in [5.74, 6) is 0. The van der Waals surface area contributed by atoms with Gasteiger partial charge in [0.1, 0.15) is 0 Å². The van der Waals surface area contributed by atoms with Crippen molar-refractivity contribution in [2.24, 2.45) is 0 Å². The number of anilines is 2. The second-order valence-electron chi connectivity index (χ2n) is 4.24. The lowest BCUT2D eigenvalue weighted by Crippen LogP contribution is -2.30. The molecule has 0 spiro atoms. The summed E-state index contributed by atoms with van der Waals surface area (Å²) < 4.78 is 1.24. The summed E-state index contributed by atoms with van der Waals surface area (Å²) in [6, 6.07) is 2.06. The van der Waals surface area contributed by atoms with Crippen molar-refractivity contribution in [3.8, 4) is 0 Å². The summed E-state index contributed by atoms with van der Waals surface area (Å²) >= 11 is 1.74. The summed E-state index contributed by atoms with van der Waals surface area (Å²) in [7, 11) is 0. The van der Waals surface area contributed by atoms with Crippen LogP contribution in [0.25, 0.3) is 10.2 Å². The minimum absolute atomic E-state index is 0.817. The van der Waals surface area contributed by atoms with Gasteiger partial charge in [-0.2, -0.15) is 0 Å².